The van der Waals surface area contributed by atoms with Gasteiger partial charge in [-0.25, -0.2) is 9.78 Å². The van der Waals surface area contributed by atoms with Gasteiger partial charge in [-0.05, 0) is 31.4 Å². The van der Waals surface area contributed by atoms with E-state index in [2.05, 4.69) is 4.98 Å². The van der Waals surface area contributed by atoms with Gasteiger partial charge in [-0.3, -0.25) is 9.36 Å². The molecule has 0 aliphatic carbocycles. The van der Waals surface area contributed by atoms with E-state index in [-0.39, 0.29) is 12.2 Å². The predicted molar refractivity (Wildman–Crippen MR) is 98.9 cm³/mol. The summed E-state index contributed by atoms with van der Waals surface area (Å²) >= 11 is 1.50. The highest BCUT2D eigenvalue weighted by Crippen LogP contribution is 2.26. The Morgan fingerprint density at radius 3 is 2.68 bits per heavy atom. The van der Waals surface area contributed by atoms with Crippen molar-refractivity contribution in [1.29, 1.82) is 0 Å². The molecule has 25 heavy (non-hydrogen) atoms. The molecule has 1 atom stereocenters. The van der Waals surface area contributed by atoms with Crippen LogP contribution >= 0.6 is 11.3 Å². The smallest absolute Gasteiger partial charge is 0.329 e. The van der Waals surface area contributed by atoms with Gasteiger partial charge in [0.05, 0.1) is 11.7 Å². The molecule has 0 saturated heterocycles. The summed E-state index contributed by atoms with van der Waals surface area (Å²) in [5, 5.41) is 0.597. The van der Waals surface area contributed by atoms with Gasteiger partial charge in [-0.2, -0.15) is 0 Å². The number of carbonyl (C=O) groups excluding carboxylic acids is 1. The number of hydrogen-bond acceptors (Lipinski definition) is 5. The maximum Gasteiger partial charge on any atom is 0.329 e. The van der Waals surface area contributed by atoms with E-state index in [1.54, 1.807) is 0 Å². The van der Waals surface area contributed by atoms with Gasteiger partial charge in [0.15, 0.2) is 0 Å². The standard InChI is InChI=1S/C19H20N2O3S/c1-4-15(19(23)24-10-14-8-6-5-7-9-14)21-11-20-17-16(18(21)22)12(2)13(3)25-17/h5-9,11,15H,4,10H2,1-3H3/t15-/m1/s1. The van der Waals surface area contributed by atoms with Crippen LogP contribution in [0.2, 0.25) is 0 Å². The van der Waals surface area contributed by atoms with E-state index in [0.29, 0.717) is 16.6 Å². The summed E-state index contributed by atoms with van der Waals surface area (Å²) in [6.45, 7) is 5.93. The van der Waals surface area contributed by atoms with Gasteiger partial charge in [-0.1, -0.05) is 37.3 Å². The van der Waals surface area contributed by atoms with E-state index in [0.717, 1.165) is 16.0 Å². The van der Waals surface area contributed by atoms with Crippen LogP contribution in [0.25, 0.3) is 10.2 Å². The van der Waals surface area contributed by atoms with Crippen LogP contribution in [0.5, 0.6) is 0 Å². The molecule has 0 spiro atoms. The second-order valence-electron chi connectivity index (χ2n) is 5.94. The number of nitrogens with zero attached hydrogens (tertiary/aromatic N) is 2. The van der Waals surface area contributed by atoms with Gasteiger partial charge in [0.25, 0.3) is 5.56 Å². The first-order valence-electron chi connectivity index (χ1n) is 8.20. The molecule has 0 bridgehead atoms. The van der Waals surface area contributed by atoms with Gasteiger partial charge in [0, 0.05) is 4.88 Å². The number of thiophene rings is 1. The van der Waals surface area contributed by atoms with Crippen molar-refractivity contribution in [3.05, 3.63) is 63.0 Å². The van der Waals surface area contributed by atoms with Crippen molar-refractivity contribution in [2.24, 2.45) is 0 Å². The molecule has 2 aromatic heterocycles. The van der Waals surface area contributed by atoms with E-state index in [9.17, 15) is 9.59 Å². The fourth-order valence-corrected chi connectivity index (χ4v) is 3.76. The maximum atomic E-state index is 12.9. The second-order valence-corrected chi connectivity index (χ2v) is 7.14. The summed E-state index contributed by atoms with van der Waals surface area (Å²) in [4.78, 5) is 31.5. The van der Waals surface area contributed by atoms with Gasteiger partial charge in [0.1, 0.15) is 17.5 Å². The van der Waals surface area contributed by atoms with E-state index < -0.39 is 12.0 Å². The molecule has 2 heterocycles. The van der Waals surface area contributed by atoms with Crippen LogP contribution in [0.3, 0.4) is 0 Å². The molecule has 5 nitrogen and oxygen atoms in total. The third-order valence-electron chi connectivity index (χ3n) is 4.33. The Balaban J connectivity index is 1.89. The summed E-state index contributed by atoms with van der Waals surface area (Å²) < 4.78 is 6.81. The summed E-state index contributed by atoms with van der Waals surface area (Å²) in [5.74, 6) is -0.417. The number of ether oxygens (including phenoxy) is 1. The lowest BCUT2D eigenvalue weighted by molar-refractivity contribution is -0.149. The van der Waals surface area contributed by atoms with E-state index in [4.69, 9.17) is 4.74 Å². The third kappa shape index (κ3) is 3.35. The monoisotopic (exact) mass is 356 g/mol. The first kappa shape index (κ1) is 17.4. The van der Waals surface area contributed by atoms with Crippen molar-refractivity contribution in [2.45, 2.75) is 39.8 Å². The maximum absolute atomic E-state index is 12.9. The molecular formula is C19H20N2O3S. The number of hydrogen-bond donors (Lipinski definition) is 0. The van der Waals surface area contributed by atoms with Crippen LogP contribution < -0.4 is 5.56 Å². The highest BCUT2D eigenvalue weighted by atomic mass is 32.1. The molecule has 0 aliphatic heterocycles. The zero-order chi connectivity index (χ0) is 18.0. The molecule has 0 aliphatic rings. The van der Waals surface area contributed by atoms with Crippen LogP contribution in [0.1, 0.15) is 35.4 Å². The SMILES string of the molecule is CC[C@H](C(=O)OCc1ccccc1)n1cnc2sc(C)c(C)c2c1=O. The Labute approximate surface area is 149 Å². The topological polar surface area (TPSA) is 61.2 Å². The first-order chi connectivity index (χ1) is 12.0. The van der Waals surface area contributed by atoms with Crippen LogP contribution in [0.4, 0.5) is 0 Å². The summed E-state index contributed by atoms with van der Waals surface area (Å²) in [6, 6.07) is 8.81. The Kier molecular flexibility index (Phi) is 4.99. The van der Waals surface area contributed by atoms with Crippen molar-refractivity contribution in [1.82, 2.24) is 9.55 Å². The number of aromatic nitrogens is 2. The van der Waals surface area contributed by atoms with Gasteiger partial charge in [0.2, 0.25) is 0 Å². The van der Waals surface area contributed by atoms with Crippen molar-refractivity contribution < 1.29 is 9.53 Å². The van der Waals surface area contributed by atoms with Crippen molar-refractivity contribution in [3.8, 4) is 0 Å². The number of esters is 1. The minimum Gasteiger partial charge on any atom is -0.459 e. The molecule has 3 aromatic rings. The molecular weight excluding hydrogens is 336 g/mol. The van der Waals surface area contributed by atoms with Gasteiger partial charge in [-0.15, -0.1) is 11.3 Å². The van der Waals surface area contributed by atoms with Crippen LogP contribution in [-0.4, -0.2) is 15.5 Å². The normalized spacial score (nSPS) is 12.3. The zero-order valence-corrected chi connectivity index (χ0v) is 15.3. The van der Waals surface area contributed by atoms with E-state index in [1.807, 2.05) is 51.1 Å². The molecule has 0 fully saturated rings. The molecule has 1 aromatic carbocycles. The van der Waals surface area contributed by atoms with E-state index >= 15 is 0 Å². The van der Waals surface area contributed by atoms with E-state index in [1.165, 1.54) is 22.2 Å². The summed E-state index contributed by atoms with van der Waals surface area (Å²) in [7, 11) is 0. The second kappa shape index (κ2) is 7.19. The third-order valence-corrected chi connectivity index (χ3v) is 5.45. The van der Waals surface area contributed by atoms with Crippen molar-refractivity contribution in [3.63, 3.8) is 0 Å². The fraction of sp³-hybridized carbons (Fsp3) is 0.316. The fourth-order valence-electron chi connectivity index (χ4n) is 2.77. The number of fused-ring (bicyclic) bond motifs is 1. The van der Waals surface area contributed by atoms with Gasteiger partial charge >= 0.3 is 5.97 Å². The Morgan fingerprint density at radius 2 is 2.00 bits per heavy atom. The molecule has 0 radical (unpaired) electrons. The number of aryl methyl sites for hydroxylation is 2. The molecule has 0 unspecified atom stereocenters. The lowest BCUT2D eigenvalue weighted by Gasteiger charge is -2.17. The minimum atomic E-state index is -0.673. The molecule has 6 heteroatoms. The summed E-state index contributed by atoms with van der Waals surface area (Å²) in [6.07, 6.45) is 1.92. The molecule has 130 valence electrons. The average Bonchev–Trinajstić information content (AvgIpc) is 2.91. The zero-order valence-electron chi connectivity index (χ0n) is 14.5. The van der Waals surface area contributed by atoms with Crippen LogP contribution in [-0.2, 0) is 16.1 Å². The largest absolute Gasteiger partial charge is 0.459 e. The summed E-state index contributed by atoms with van der Waals surface area (Å²) in [5.41, 5.74) is 1.66. The van der Waals surface area contributed by atoms with Crippen molar-refractivity contribution in [2.75, 3.05) is 0 Å². The molecule has 0 saturated carbocycles. The molecule has 0 N–H and O–H groups in total. The quantitative estimate of drug-likeness (QED) is 0.653. The minimum absolute atomic E-state index is 0.185. The van der Waals surface area contributed by atoms with Crippen LogP contribution in [0.15, 0.2) is 41.5 Å². The highest BCUT2D eigenvalue weighted by molar-refractivity contribution is 7.18. The Bertz CT molecular complexity index is 960. The number of carbonyl (C=O) groups is 1. The molecule has 0 amide bonds. The lowest BCUT2D eigenvalue weighted by Crippen LogP contribution is -2.31. The molecule has 3 rings (SSSR count). The first-order valence-corrected chi connectivity index (χ1v) is 9.02. The predicted octanol–water partition coefficient (Wildman–Crippen LogP) is 3.77. The van der Waals surface area contributed by atoms with Gasteiger partial charge < -0.3 is 4.74 Å². The van der Waals surface area contributed by atoms with Crippen LogP contribution in [0, 0.1) is 13.8 Å². The Hall–Kier alpha value is -2.47. The average molecular weight is 356 g/mol. The number of rotatable bonds is 5. The lowest BCUT2D eigenvalue weighted by atomic mass is 10.2. The van der Waals surface area contributed by atoms with Crippen molar-refractivity contribution >= 4 is 27.5 Å². The highest BCUT2D eigenvalue weighted by Gasteiger charge is 2.23. The number of benzene rings is 1. The Morgan fingerprint density at radius 1 is 1.28 bits per heavy atom.